The van der Waals surface area contributed by atoms with E-state index in [-0.39, 0.29) is 5.97 Å². The predicted molar refractivity (Wildman–Crippen MR) is 102 cm³/mol. The van der Waals surface area contributed by atoms with Gasteiger partial charge in [0.05, 0.1) is 14.5 Å². The van der Waals surface area contributed by atoms with Gasteiger partial charge in [0.2, 0.25) is 0 Å². The van der Waals surface area contributed by atoms with Crippen molar-refractivity contribution in [1.82, 2.24) is 0 Å². The van der Waals surface area contributed by atoms with E-state index >= 15 is 0 Å². The number of esters is 1. The van der Waals surface area contributed by atoms with Gasteiger partial charge in [-0.3, -0.25) is 9.59 Å². The average molecular weight is 350 g/mol. The molecule has 24 heavy (non-hydrogen) atoms. The third-order valence-electron chi connectivity index (χ3n) is 4.06. The van der Waals surface area contributed by atoms with Crippen LogP contribution in [0.2, 0.25) is 19.6 Å². The Morgan fingerprint density at radius 3 is 2.17 bits per heavy atom. The SMILES string of the molecule is CC(N(CCC(=O)OC(C)(C)C)c1ccc(C=O)cc1)[Si](C)(C)C. The Labute approximate surface area is 147 Å². The second kappa shape index (κ2) is 7.97. The van der Waals surface area contributed by atoms with E-state index in [1.165, 1.54) is 0 Å². The van der Waals surface area contributed by atoms with Gasteiger partial charge < -0.3 is 9.64 Å². The molecule has 0 saturated heterocycles. The zero-order valence-corrected chi connectivity index (χ0v) is 17.1. The number of carbonyl (C=O) groups is 2. The number of carbonyl (C=O) groups excluding carboxylic acids is 2. The highest BCUT2D eigenvalue weighted by atomic mass is 28.3. The van der Waals surface area contributed by atoms with Crippen LogP contribution in [-0.2, 0) is 9.53 Å². The minimum Gasteiger partial charge on any atom is -0.460 e. The van der Waals surface area contributed by atoms with Gasteiger partial charge in [0.15, 0.2) is 0 Å². The molecular formula is C19H31NO3Si. The third-order valence-corrected chi connectivity index (χ3v) is 6.88. The number of ether oxygens (including phenoxy) is 1. The van der Waals surface area contributed by atoms with Gasteiger partial charge in [0.1, 0.15) is 11.9 Å². The lowest BCUT2D eigenvalue weighted by atomic mass is 10.2. The van der Waals surface area contributed by atoms with Crippen LogP contribution in [-0.4, -0.2) is 38.1 Å². The molecule has 1 atom stereocenters. The zero-order chi connectivity index (χ0) is 18.5. The molecule has 1 rings (SSSR count). The van der Waals surface area contributed by atoms with Crippen molar-refractivity contribution in [3.63, 3.8) is 0 Å². The van der Waals surface area contributed by atoms with Gasteiger partial charge in [-0.25, -0.2) is 0 Å². The first-order valence-corrected chi connectivity index (χ1v) is 12.1. The topological polar surface area (TPSA) is 46.6 Å². The summed E-state index contributed by atoms with van der Waals surface area (Å²) in [5.74, 6) is -0.181. The Morgan fingerprint density at radius 1 is 1.21 bits per heavy atom. The Kier molecular flexibility index (Phi) is 6.78. The molecule has 0 spiro atoms. The number of hydrogen-bond acceptors (Lipinski definition) is 4. The minimum absolute atomic E-state index is 0.181. The molecule has 0 amide bonds. The Balaban J connectivity index is 2.93. The summed E-state index contributed by atoms with van der Waals surface area (Å²) >= 11 is 0. The highest BCUT2D eigenvalue weighted by Crippen LogP contribution is 2.23. The first kappa shape index (κ1) is 20.4. The fourth-order valence-corrected chi connectivity index (χ4v) is 3.58. The number of aldehydes is 1. The van der Waals surface area contributed by atoms with Crippen molar-refractivity contribution in [2.24, 2.45) is 0 Å². The number of hydrogen-bond donors (Lipinski definition) is 0. The standard InChI is InChI=1S/C19H31NO3Si/c1-15(24(5,6)7)20(13-12-18(22)23-19(2,3)4)17-10-8-16(14-21)9-11-17/h8-11,14-15H,12-13H2,1-7H3. The molecule has 0 fully saturated rings. The van der Waals surface area contributed by atoms with Crippen LogP contribution in [0.5, 0.6) is 0 Å². The highest BCUT2D eigenvalue weighted by molar-refractivity contribution is 6.78. The van der Waals surface area contributed by atoms with Crippen molar-refractivity contribution in [2.45, 2.75) is 65.0 Å². The molecule has 5 heteroatoms. The minimum atomic E-state index is -1.44. The molecule has 0 aliphatic rings. The van der Waals surface area contributed by atoms with Crippen molar-refractivity contribution in [1.29, 1.82) is 0 Å². The summed E-state index contributed by atoms with van der Waals surface area (Å²) in [6.45, 7) is 15.4. The predicted octanol–water partition coefficient (Wildman–Crippen LogP) is 4.30. The molecule has 0 radical (unpaired) electrons. The van der Waals surface area contributed by atoms with Crippen LogP contribution in [0.1, 0.15) is 44.5 Å². The molecular weight excluding hydrogens is 318 g/mol. The van der Waals surface area contributed by atoms with Crippen molar-refractivity contribution in [2.75, 3.05) is 11.4 Å². The van der Waals surface area contributed by atoms with Crippen molar-refractivity contribution >= 4 is 26.0 Å². The van der Waals surface area contributed by atoms with E-state index in [9.17, 15) is 9.59 Å². The van der Waals surface area contributed by atoms with Gasteiger partial charge in [-0.05, 0) is 52.0 Å². The van der Waals surface area contributed by atoms with Crippen LogP contribution < -0.4 is 4.90 Å². The molecule has 0 saturated carbocycles. The first-order valence-electron chi connectivity index (χ1n) is 8.48. The van der Waals surface area contributed by atoms with E-state index in [0.29, 0.717) is 24.2 Å². The van der Waals surface area contributed by atoms with Crippen LogP contribution in [0.15, 0.2) is 24.3 Å². The first-order chi connectivity index (χ1) is 10.9. The van der Waals surface area contributed by atoms with Gasteiger partial charge in [-0.2, -0.15) is 0 Å². The summed E-state index contributed by atoms with van der Waals surface area (Å²) in [6.07, 6.45) is 1.19. The van der Waals surface area contributed by atoms with Crippen LogP contribution in [0.25, 0.3) is 0 Å². The zero-order valence-electron chi connectivity index (χ0n) is 16.1. The van der Waals surface area contributed by atoms with Crippen LogP contribution in [0.4, 0.5) is 5.69 Å². The molecule has 0 heterocycles. The van der Waals surface area contributed by atoms with E-state index in [2.05, 4.69) is 31.5 Å². The number of rotatable bonds is 7. The number of benzene rings is 1. The number of anilines is 1. The molecule has 1 aromatic rings. The highest BCUT2D eigenvalue weighted by Gasteiger charge is 2.29. The van der Waals surface area contributed by atoms with E-state index < -0.39 is 13.7 Å². The van der Waals surface area contributed by atoms with E-state index in [0.717, 1.165) is 12.0 Å². The Hall–Kier alpha value is -1.62. The van der Waals surface area contributed by atoms with E-state index in [4.69, 9.17) is 4.74 Å². The maximum atomic E-state index is 12.1. The summed E-state index contributed by atoms with van der Waals surface area (Å²) < 4.78 is 5.43. The maximum Gasteiger partial charge on any atom is 0.308 e. The molecule has 0 aliphatic heterocycles. The van der Waals surface area contributed by atoms with Gasteiger partial charge in [0.25, 0.3) is 0 Å². The van der Waals surface area contributed by atoms with Crippen LogP contribution in [0, 0.1) is 0 Å². The molecule has 0 aromatic heterocycles. The molecule has 1 aromatic carbocycles. The fraction of sp³-hybridized carbons (Fsp3) is 0.579. The monoisotopic (exact) mass is 349 g/mol. The van der Waals surface area contributed by atoms with Crippen molar-refractivity contribution in [3.05, 3.63) is 29.8 Å². The van der Waals surface area contributed by atoms with E-state index in [1.807, 2.05) is 45.0 Å². The third kappa shape index (κ3) is 6.47. The van der Waals surface area contributed by atoms with Crippen LogP contribution >= 0.6 is 0 Å². The molecule has 1 unspecified atom stereocenters. The van der Waals surface area contributed by atoms with E-state index in [1.54, 1.807) is 0 Å². The summed E-state index contributed by atoms with van der Waals surface area (Å²) in [5, 5.41) is 0. The van der Waals surface area contributed by atoms with Gasteiger partial charge in [0, 0.05) is 23.5 Å². The largest absolute Gasteiger partial charge is 0.460 e. The average Bonchev–Trinajstić information content (AvgIpc) is 2.45. The second-order valence-corrected chi connectivity index (χ2v) is 13.8. The van der Waals surface area contributed by atoms with Gasteiger partial charge in [-0.1, -0.05) is 19.6 Å². The molecule has 0 aliphatic carbocycles. The second-order valence-electron chi connectivity index (χ2n) is 8.28. The van der Waals surface area contributed by atoms with Gasteiger partial charge in [-0.15, -0.1) is 0 Å². The smallest absolute Gasteiger partial charge is 0.308 e. The molecule has 134 valence electrons. The lowest BCUT2D eigenvalue weighted by Gasteiger charge is -2.38. The van der Waals surface area contributed by atoms with Gasteiger partial charge >= 0.3 is 5.97 Å². The molecule has 0 N–H and O–H groups in total. The number of nitrogens with zero attached hydrogens (tertiary/aromatic N) is 1. The van der Waals surface area contributed by atoms with Crippen molar-refractivity contribution in [3.8, 4) is 0 Å². The Morgan fingerprint density at radius 2 is 1.75 bits per heavy atom. The quantitative estimate of drug-likeness (QED) is 0.418. The van der Waals surface area contributed by atoms with Crippen LogP contribution in [0.3, 0.4) is 0 Å². The summed E-state index contributed by atoms with van der Waals surface area (Å²) in [6, 6.07) is 7.55. The lowest BCUT2D eigenvalue weighted by molar-refractivity contribution is -0.154. The summed E-state index contributed by atoms with van der Waals surface area (Å²) in [5.41, 5.74) is 1.60. The summed E-state index contributed by atoms with van der Waals surface area (Å²) in [4.78, 5) is 25.2. The maximum absolute atomic E-state index is 12.1. The fourth-order valence-electron chi connectivity index (χ4n) is 2.36. The summed E-state index contributed by atoms with van der Waals surface area (Å²) in [7, 11) is -1.44. The lowest BCUT2D eigenvalue weighted by Crippen LogP contribution is -2.50. The normalized spacial score (nSPS) is 13.3. The Bertz CT molecular complexity index is 555. The van der Waals surface area contributed by atoms with Crippen molar-refractivity contribution < 1.29 is 14.3 Å². The molecule has 0 bridgehead atoms. The molecule has 4 nitrogen and oxygen atoms in total.